The largest absolute Gasteiger partial charge is 0.337 e. The molecule has 2 heterocycles. The van der Waals surface area contributed by atoms with Crippen molar-refractivity contribution in [2.24, 2.45) is 5.10 Å². The Morgan fingerprint density at radius 2 is 1.81 bits per heavy atom. The van der Waals surface area contributed by atoms with E-state index in [1.807, 2.05) is 18.4 Å². The van der Waals surface area contributed by atoms with E-state index in [-0.39, 0.29) is 0 Å². The molecule has 2 N–H and O–H groups in total. The Hall–Kier alpha value is -2.99. The van der Waals surface area contributed by atoms with E-state index in [9.17, 15) is 0 Å². The van der Waals surface area contributed by atoms with E-state index >= 15 is 0 Å². The van der Waals surface area contributed by atoms with Crippen molar-refractivity contribution in [3.63, 3.8) is 0 Å². The number of imidazole rings is 1. The number of H-pyrrole nitrogens is 1. The van der Waals surface area contributed by atoms with Gasteiger partial charge >= 0.3 is 0 Å². The molecule has 0 saturated heterocycles. The molecule has 130 valence electrons. The summed E-state index contributed by atoms with van der Waals surface area (Å²) in [6.45, 7) is 6.07. The number of hydrogen-bond acceptors (Lipinski definition) is 5. The highest BCUT2D eigenvalue weighted by Crippen LogP contribution is 2.25. The molecule has 0 unspecified atom stereocenters. The summed E-state index contributed by atoms with van der Waals surface area (Å²) in [5, 5.41) is 7.21. The lowest BCUT2D eigenvalue weighted by Crippen LogP contribution is -2.01. The van der Waals surface area contributed by atoms with Crippen molar-refractivity contribution < 1.29 is 0 Å². The lowest BCUT2D eigenvalue weighted by atomic mass is 10.1. The monoisotopic (exact) mass is 361 g/mol. The molecule has 0 aliphatic carbocycles. The van der Waals surface area contributed by atoms with E-state index in [0.717, 1.165) is 39.0 Å². The van der Waals surface area contributed by atoms with E-state index in [4.69, 9.17) is 0 Å². The SMILES string of the molecule is C/C(=N\Nc1nc(-c2ccc(C)cc2)cs1)c1nc2ccc(C)cc2[nH]1. The molecule has 2 aromatic heterocycles. The second kappa shape index (κ2) is 6.72. The van der Waals surface area contributed by atoms with E-state index in [0.29, 0.717) is 0 Å². The van der Waals surface area contributed by atoms with Gasteiger partial charge in [-0.3, -0.25) is 5.43 Å². The quantitative estimate of drug-likeness (QED) is 0.391. The van der Waals surface area contributed by atoms with Crippen molar-refractivity contribution in [1.82, 2.24) is 15.0 Å². The van der Waals surface area contributed by atoms with Gasteiger partial charge in [-0.2, -0.15) is 5.10 Å². The molecule has 4 rings (SSSR count). The maximum absolute atomic E-state index is 4.60. The number of anilines is 1. The van der Waals surface area contributed by atoms with Crippen LogP contribution < -0.4 is 5.43 Å². The van der Waals surface area contributed by atoms with Gasteiger partial charge in [0.1, 0.15) is 5.71 Å². The number of hydrogen-bond donors (Lipinski definition) is 2. The summed E-state index contributed by atoms with van der Waals surface area (Å²) in [5.41, 5.74) is 10.3. The predicted molar refractivity (Wildman–Crippen MR) is 109 cm³/mol. The average Bonchev–Trinajstić information content (AvgIpc) is 3.27. The Balaban J connectivity index is 1.52. The second-order valence-corrected chi connectivity index (χ2v) is 7.18. The molecule has 0 atom stereocenters. The van der Waals surface area contributed by atoms with Crippen LogP contribution >= 0.6 is 11.3 Å². The minimum atomic E-state index is 0.756. The Bertz CT molecular complexity index is 1090. The Labute approximate surface area is 155 Å². The molecule has 2 aromatic carbocycles. The fraction of sp³-hybridized carbons (Fsp3) is 0.150. The zero-order valence-electron chi connectivity index (χ0n) is 14.9. The van der Waals surface area contributed by atoms with E-state index in [1.54, 1.807) is 0 Å². The number of aromatic amines is 1. The first kappa shape index (κ1) is 16.5. The second-order valence-electron chi connectivity index (χ2n) is 6.32. The minimum absolute atomic E-state index is 0.756. The third kappa shape index (κ3) is 3.36. The molecule has 0 radical (unpaired) electrons. The topological polar surface area (TPSA) is 66.0 Å². The number of aromatic nitrogens is 3. The Morgan fingerprint density at radius 3 is 2.62 bits per heavy atom. The zero-order valence-corrected chi connectivity index (χ0v) is 15.7. The minimum Gasteiger partial charge on any atom is -0.337 e. The van der Waals surface area contributed by atoms with Crippen molar-refractivity contribution in [2.45, 2.75) is 20.8 Å². The van der Waals surface area contributed by atoms with Crippen molar-refractivity contribution in [3.05, 3.63) is 64.8 Å². The first-order valence-electron chi connectivity index (χ1n) is 8.38. The molecular weight excluding hydrogens is 342 g/mol. The predicted octanol–water partition coefficient (Wildman–Crippen LogP) is 5.14. The van der Waals surface area contributed by atoms with Gasteiger partial charge in [-0.15, -0.1) is 11.3 Å². The smallest absolute Gasteiger partial charge is 0.203 e. The standard InChI is InChI=1S/C20H19N5S/c1-12-4-7-15(8-5-12)18-11-26-20(23-18)25-24-14(3)19-21-16-9-6-13(2)10-17(16)22-19/h4-11H,1-3H3,(H,21,22)(H,23,25)/b24-14+. The van der Waals surface area contributed by atoms with Crippen LogP contribution in [0, 0.1) is 13.8 Å². The third-order valence-corrected chi connectivity index (χ3v) is 4.90. The highest BCUT2D eigenvalue weighted by atomic mass is 32.1. The molecule has 0 saturated carbocycles. The number of nitrogens with zero attached hydrogens (tertiary/aromatic N) is 3. The van der Waals surface area contributed by atoms with Crippen LogP contribution in [0.2, 0.25) is 0 Å². The normalized spacial score (nSPS) is 11.9. The van der Waals surface area contributed by atoms with Gasteiger partial charge in [0.25, 0.3) is 0 Å². The Kier molecular flexibility index (Phi) is 4.26. The van der Waals surface area contributed by atoms with Crippen LogP contribution in [0.3, 0.4) is 0 Å². The van der Waals surface area contributed by atoms with Gasteiger partial charge in [0.15, 0.2) is 5.82 Å². The number of thiazole rings is 1. The molecule has 0 aliphatic heterocycles. The van der Waals surface area contributed by atoms with Crippen LogP contribution in [0.4, 0.5) is 5.13 Å². The lowest BCUT2D eigenvalue weighted by molar-refractivity contribution is 1.22. The van der Waals surface area contributed by atoms with Crippen molar-refractivity contribution in [2.75, 3.05) is 5.43 Å². The van der Waals surface area contributed by atoms with E-state index in [1.165, 1.54) is 22.5 Å². The van der Waals surface area contributed by atoms with Crippen LogP contribution in [0.15, 0.2) is 52.9 Å². The van der Waals surface area contributed by atoms with Crippen LogP contribution in [-0.4, -0.2) is 20.7 Å². The maximum Gasteiger partial charge on any atom is 0.203 e. The molecular formula is C20H19N5S. The fourth-order valence-corrected chi connectivity index (χ4v) is 3.32. The zero-order chi connectivity index (χ0) is 18.1. The van der Waals surface area contributed by atoms with Gasteiger partial charge in [-0.1, -0.05) is 35.9 Å². The van der Waals surface area contributed by atoms with E-state index in [2.05, 4.69) is 75.7 Å². The van der Waals surface area contributed by atoms with Gasteiger partial charge in [-0.25, -0.2) is 9.97 Å². The Morgan fingerprint density at radius 1 is 1.04 bits per heavy atom. The summed E-state index contributed by atoms with van der Waals surface area (Å²) in [7, 11) is 0. The summed E-state index contributed by atoms with van der Waals surface area (Å²) in [6, 6.07) is 14.5. The van der Waals surface area contributed by atoms with Gasteiger partial charge < -0.3 is 4.98 Å². The van der Waals surface area contributed by atoms with Crippen LogP contribution in [0.5, 0.6) is 0 Å². The molecule has 0 fully saturated rings. The molecule has 0 aliphatic rings. The number of fused-ring (bicyclic) bond motifs is 1. The number of aryl methyl sites for hydroxylation is 2. The number of nitrogens with one attached hydrogen (secondary N) is 2. The molecule has 5 nitrogen and oxygen atoms in total. The first-order chi connectivity index (χ1) is 12.6. The fourth-order valence-electron chi connectivity index (χ4n) is 2.66. The van der Waals surface area contributed by atoms with E-state index < -0.39 is 0 Å². The van der Waals surface area contributed by atoms with Gasteiger partial charge in [0.2, 0.25) is 5.13 Å². The highest BCUT2D eigenvalue weighted by Gasteiger charge is 2.07. The molecule has 26 heavy (non-hydrogen) atoms. The lowest BCUT2D eigenvalue weighted by Gasteiger charge is -1.98. The number of rotatable bonds is 4. The summed E-state index contributed by atoms with van der Waals surface area (Å²) in [5.74, 6) is 0.758. The molecule has 0 bridgehead atoms. The van der Waals surface area contributed by atoms with Crippen LogP contribution in [0.25, 0.3) is 22.3 Å². The van der Waals surface area contributed by atoms with Crippen LogP contribution in [-0.2, 0) is 0 Å². The van der Waals surface area contributed by atoms with Crippen LogP contribution in [0.1, 0.15) is 23.9 Å². The molecule has 0 spiro atoms. The molecule has 4 aromatic rings. The average molecular weight is 361 g/mol. The summed E-state index contributed by atoms with van der Waals surface area (Å²) in [4.78, 5) is 12.5. The maximum atomic E-state index is 4.60. The molecule has 6 heteroatoms. The summed E-state index contributed by atoms with van der Waals surface area (Å²) in [6.07, 6.45) is 0. The molecule has 0 amide bonds. The number of benzene rings is 2. The van der Waals surface area contributed by atoms with Gasteiger partial charge in [0.05, 0.1) is 16.7 Å². The third-order valence-electron chi connectivity index (χ3n) is 4.15. The number of hydrazone groups is 1. The van der Waals surface area contributed by atoms with Crippen molar-refractivity contribution in [1.29, 1.82) is 0 Å². The summed E-state index contributed by atoms with van der Waals surface area (Å²) < 4.78 is 0. The van der Waals surface area contributed by atoms with Gasteiger partial charge in [0, 0.05) is 10.9 Å². The summed E-state index contributed by atoms with van der Waals surface area (Å²) >= 11 is 1.53. The van der Waals surface area contributed by atoms with Gasteiger partial charge in [-0.05, 0) is 38.5 Å². The van der Waals surface area contributed by atoms with Crippen molar-refractivity contribution >= 4 is 33.2 Å². The highest BCUT2D eigenvalue weighted by molar-refractivity contribution is 7.14. The van der Waals surface area contributed by atoms with Crippen molar-refractivity contribution in [3.8, 4) is 11.3 Å². The first-order valence-corrected chi connectivity index (χ1v) is 9.26.